The van der Waals surface area contributed by atoms with Gasteiger partial charge in [0.15, 0.2) is 0 Å². The van der Waals surface area contributed by atoms with E-state index in [0.29, 0.717) is 13.0 Å². The molecule has 0 aliphatic rings. The van der Waals surface area contributed by atoms with Gasteiger partial charge in [0.05, 0.1) is 12.1 Å². The molecule has 1 N–H and O–H groups in total. The summed E-state index contributed by atoms with van der Waals surface area (Å²) in [5.41, 5.74) is 1.77. The van der Waals surface area contributed by atoms with Crippen LogP contribution in [0.4, 0.5) is 4.39 Å². The number of halogens is 1. The first-order valence-electron chi connectivity index (χ1n) is 8.18. The van der Waals surface area contributed by atoms with Crippen molar-refractivity contribution in [2.24, 2.45) is 0 Å². The molecule has 134 valence electrons. The number of benzene rings is 2. The van der Waals surface area contributed by atoms with Crippen molar-refractivity contribution in [3.05, 3.63) is 66.2 Å². The van der Waals surface area contributed by atoms with Crippen LogP contribution >= 0.6 is 11.8 Å². The fourth-order valence-electron chi connectivity index (χ4n) is 2.31. The zero-order chi connectivity index (χ0) is 18.2. The van der Waals surface area contributed by atoms with Gasteiger partial charge in [-0.3, -0.25) is 4.79 Å². The molecule has 2 aromatic carbocycles. The first-order valence-corrected chi connectivity index (χ1v) is 9.16. The summed E-state index contributed by atoms with van der Waals surface area (Å²) in [6.07, 6.45) is 2.71. The predicted molar refractivity (Wildman–Crippen MR) is 97.6 cm³/mol. The van der Waals surface area contributed by atoms with E-state index < -0.39 is 0 Å². The highest BCUT2D eigenvalue weighted by Crippen LogP contribution is 2.18. The van der Waals surface area contributed by atoms with Crippen molar-refractivity contribution in [2.45, 2.75) is 17.7 Å². The second-order valence-corrected chi connectivity index (χ2v) is 6.77. The quantitative estimate of drug-likeness (QED) is 0.487. The molecule has 0 unspecified atom stereocenters. The molecule has 6 nitrogen and oxygen atoms in total. The van der Waals surface area contributed by atoms with E-state index in [1.54, 1.807) is 28.6 Å². The van der Waals surface area contributed by atoms with Gasteiger partial charge in [0.25, 0.3) is 0 Å². The van der Waals surface area contributed by atoms with E-state index in [-0.39, 0.29) is 11.7 Å². The Balaban J connectivity index is 1.35. The van der Waals surface area contributed by atoms with Gasteiger partial charge in [0.1, 0.15) is 12.1 Å². The highest BCUT2D eigenvalue weighted by Gasteiger charge is 2.04. The lowest BCUT2D eigenvalue weighted by molar-refractivity contribution is -0.120. The van der Waals surface area contributed by atoms with E-state index in [0.717, 1.165) is 28.3 Å². The summed E-state index contributed by atoms with van der Waals surface area (Å²) >= 11 is 1.65. The van der Waals surface area contributed by atoms with Gasteiger partial charge in [-0.1, -0.05) is 12.1 Å². The van der Waals surface area contributed by atoms with Crippen molar-refractivity contribution in [3.63, 3.8) is 0 Å². The lowest BCUT2D eigenvalue weighted by atomic mass is 10.1. The smallest absolute Gasteiger partial charge is 0.224 e. The van der Waals surface area contributed by atoms with E-state index in [1.165, 1.54) is 18.5 Å². The highest BCUT2D eigenvalue weighted by atomic mass is 32.2. The number of hydrogen-bond acceptors (Lipinski definition) is 5. The number of nitrogens with one attached hydrogen (secondary N) is 1. The third-order valence-corrected chi connectivity index (χ3v) is 4.74. The zero-order valence-electron chi connectivity index (χ0n) is 14.0. The molecule has 0 aliphatic heterocycles. The van der Waals surface area contributed by atoms with E-state index in [4.69, 9.17) is 0 Å². The molecule has 0 saturated heterocycles. The summed E-state index contributed by atoms with van der Waals surface area (Å²) in [5.74, 6) is 0.631. The Hall–Kier alpha value is -2.74. The van der Waals surface area contributed by atoms with Crippen molar-refractivity contribution < 1.29 is 9.18 Å². The second kappa shape index (κ2) is 9.10. The molecule has 0 atom stereocenters. The Kier molecular flexibility index (Phi) is 6.32. The molecule has 26 heavy (non-hydrogen) atoms. The lowest BCUT2D eigenvalue weighted by Crippen LogP contribution is -2.26. The first kappa shape index (κ1) is 18.1. The van der Waals surface area contributed by atoms with Crippen LogP contribution < -0.4 is 5.32 Å². The van der Waals surface area contributed by atoms with Crippen LogP contribution in [0.1, 0.15) is 12.0 Å². The molecule has 1 aromatic heterocycles. The maximum atomic E-state index is 12.8. The number of carbonyl (C=O) groups is 1. The maximum absolute atomic E-state index is 12.8. The summed E-state index contributed by atoms with van der Waals surface area (Å²) < 4.78 is 14.4. The number of thioether (sulfide) groups is 1. The second-order valence-electron chi connectivity index (χ2n) is 5.60. The molecule has 0 fully saturated rings. The molecule has 0 bridgehead atoms. The van der Waals surface area contributed by atoms with Crippen molar-refractivity contribution >= 4 is 17.7 Å². The van der Waals surface area contributed by atoms with Gasteiger partial charge in [-0.15, -0.1) is 16.9 Å². The van der Waals surface area contributed by atoms with Gasteiger partial charge in [-0.2, -0.15) is 0 Å². The van der Waals surface area contributed by atoms with Crippen LogP contribution in [0.25, 0.3) is 5.69 Å². The average molecular weight is 371 g/mol. The van der Waals surface area contributed by atoms with Crippen LogP contribution in [0, 0.1) is 5.82 Å². The molecule has 3 aromatic rings. The Morgan fingerprint density at radius 3 is 2.58 bits per heavy atom. The van der Waals surface area contributed by atoms with Crippen LogP contribution in [0.3, 0.4) is 0 Å². The molecular formula is C18H18FN5OS. The van der Waals surface area contributed by atoms with Crippen molar-refractivity contribution in [1.29, 1.82) is 0 Å². The Morgan fingerprint density at radius 1 is 1.12 bits per heavy atom. The molecule has 8 heteroatoms. The number of rotatable bonds is 8. The first-order chi connectivity index (χ1) is 12.7. The van der Waals surface area contributed by atoms with Crippen molar-refractivity contribution in [2.75, 3.05) is 12.3 Å². The van der Waals surface area contributed by atoms with Crippen molar-refractivity contribution in [1.82, 2.24) is 25.5 Å². The monoisotopic (exact) mass is 371 g/mol. The molecule has 0 aliphatic carbocycles. The highest BCUT2D eigenvalue weighted by molar-refractivity contribution is 7.99. The van der Waals surface area contributed by atoms with Gasteiger partial charge in [0, 0.05) is 11.4 Å². The minimum absolute atomic E-state index is 0.00745. The van der Waals surface area contributed by atoms with Crippen LogP contribution in [-0.4, -0.2) is 38.4 Å². The van der Waals surface area contributed by atoms with E-state index in [2.05, 4.69) is 20.8 Å². The minimum Gasteiger partial charge on any atom is -0.356 e. The summed E-state index contributed by atoms with van der Waals surface area (Å²) in [4.78, 5) is 13.0. The van der Waals surface area contributed by atoms with E-state index >= 15 is 0 Å². The van der Waals surface area contributed by atoms with E-state index in [1.807, 2.05) is 24.3 Å². The summed E-state index contributed by atoms with van der Waals surface area (Å²) in [6.45, 7) is 0.621. The largest absolute Gasteiger partial charge is 0.356 e. The third-order valence-electron chi connectivity index (χ3n) is 3.64. The Morgan fingerprint density at radius 2 is 1.88 bits per heavy atom. The van der Waals surface area contributed by atoms with Crippen LogP contribution in [0.5, 0.6) is 0 Å². The summed E-state index contributed by atoms with van der Waals surface area (Å²) in [7, 11) is 0. The third kappa shape index (κ3) is 5.38. The van der Waals surface area contributed by atoms with Crippen LogP contribution in [0.2, 0.25) is 0 Å². The minimum atomic E-state index is -0.229. The molecule has 0 saturated carbocycles. The van der Waals surface area contributed by atoms with E-state index in [9.17, 15) is 9.18 Å². The molecule has 3 rings (SSSR count). The molecule has 1 heterocycles. The fraction of sp³-hybridized carbons (Fsp3) is 0.222. The average Bonchev–Trinajstić information content (AvgIpc) is 3.18. The van der Waals surface area contributed by atoms with Gasteiger partial charge in [-0.25, -0.2) is 9.07 Å². The number of amides is 1. The zero-order valence-corrected chi connectivity index (χ0v) is 14.8. The number of aromatic nitrogens is 4. The molecular weight excluding hydrogens is 353 g/mol. The van der Waals surface area contributed by atoms with Gasteiger partial charge >= 0.3 is 0 Å². The molecule has 1 amide bonds. The van der Waals surface area contributed by atoms with Crippen LogP contribution in [-0.2, 0) is 11.2 Å². The topological polar surface area (TPSA) is 72.7 Å². The lowest BCUT2D eigenvalue weighted by Gasteiger charge is -2.06. The van der Waals surface area contributed by atoms with Gasteiger partial charge in [0.2, 0.25) is 5.91 Å². The fourth-order valence-corrected chi connectivity index (χ4v) is 3.17. The molecule has 0 radical (unpaired) electrons. The number of hydrogen-bond donors (Lipinski definition) is 1. The predicted octanol–water partition coefficient (Wildman–Crippen LogP) is 2.64. The standard InChI is InChI=1S/C18H18FN5OS/c19-15-4-8-17(9-5-15)26-11-1-10-20-18(25)12-14-2-6-16(7-3-14)24-13-21-22-23-24/h2-9,13H,1,10-12H2,(H,20,25). The van der Waals surface area contributed by atoms with Gasteiger partial charge < -0.3 is 5.32 Å². The number of tetrazole rings is 1. The maximum Gasteiger partial charge on any atom is 0.224 e. The Bertz CT molecular complexity index is 822. The summed E-state index contributed by atoms with van der Waals surface area (Å²) in [6, 6.07) is 14.0. The normalized spacial score (nSPS) is 10.7. The van der Waals surface area contributed by atoms with Gasteiger partial charge in [-0.05, 0) is 64.6 Å². The Labute approximate surface area is 154 Å². The van der Waals surface area contributed by atoms with Crippen molar-refractivity contribution in [3.8, 4) is 5.69 Å². The number of carbonyl (C=O) groups excluding carboxylic acids is 1. The summed E-state index contributed by atoms with van der Waals surface area (Å²) in [5, 5.41) is 13.9. The molecule has 0 spiro atoms. The number of nitrogens with zero attached hydrogens (tertiary/aromatic N) is 4. The SMILES string of the molecule is O=C(Cc1ccc(-n2cnnn2)cc1)NCCCSc1ccc(F)cc1. The van der Waals surface area contributed by atoms with Crippen LogP contribution in [0.15, 0.2) is 59.8 Å².